The van der Waals surface area contributed by atoms with Gasteiger partial charge in [-0.2, -0.15) is 0 Å². The molecule has 0 unspecified atom stereocenters. The zero-order valence-electron chi connectivity index (χ0n) is 11.5. The van der Waals surface area contributed by atoms with E-state index in [1.807, 2.05) is 6.92 Å². The topological polar surface area (TPSA) is 68.3 Å². The number of nitrogens with one attached hydrogen (secondary N) is 1. The number of carbonyl (C=O) groups excluding carboxylic acids is 2. The van der Waals surface area contributed by atoms with Gasteiger partial charge >= 0.3 is 5.97 Å². The van der Waals surface area contributed by atoms with Crippen molar-refractivity contribution in [1.29, 1.82) is 0 Å². The second-order valence-corrected chi connectivity index (χ2v) is 5.07. The van der Waals surface area contributed by atoms with Crippen LogP contribution in [0.2, 0.25) is 0 Å². The minimum absolute atomic E-state index is 0.0784. The molecule has 1 aromatic heterocycles. The Morgan fingerprint density at radius 2 is 2.10 bits per heavy atom. The lowest BCUT2D eigenvalue weighted by Crippen LogP contribution is -2.13. The molecule has 1 amide bonds. The molecule has 0 radical (unpaired) electrons. The maximum absolute atomic E-state index is 13.5. The monoisotopic (exact) mass is 308 g/mol. The molecule has 0 aliphatic rings. The van der Waals surface area contributed by atoms with Gasteiger partial charge in [0, 0.05) is 0 Å². The Kier molecular flexibility index (Phi) is 4.64. The van der Waals surface area contributed by atoms with Crippen molar-refractivity contribution in [3.05, 3.63) is 46.2 Å². The zero-order chi connectivity index (χ0) is 15.4. The molecule has 2 aromatic rings. The molecular weight excluding hydrogens is 295 g/mol. The number of aromatic nitrogens is 1. The number of thiazole rings is 1. The van der Waals surface area contributed by atoms with Crippen molar-refractivity contribution >= 4 is 28.3 Å². The summed E-state index contributed by atoms with van der Waals surface area (Å²) in [5, 5.41) is 2.73. The van der Waals surface area contributed by atoms with E-state index >= 15 is 0 Å². The number of carbonyl (C=O) groups is 2. The Labute approximate surface area is 124 Å². The highest BCUT2D eigenvalue weighted by Gasteiger charge is 2.19. The minimum Gasteiger partial charge on any atom is -0.465 e. The smallest absolute Gasteiger partial charge is 0.350 e. The Morgan fingerprint density at radius 1 is 1.38 bits per heavy atom. The molecule has 1 N–H and O–H groups in total. The lowest BCUT2D eigenvalue weighted by molar-refractivity contribution is 0.0604. The van der Waals surface area contributed by atoms with Crippen LogP contribution < -0.4 is 5.32 Å². The second-order valence-electron chi connectivity index (χ2n) is 4.07. The normalized spacial score (nSPS) is 10.2. The van der Waals surface area contributed by atoms with E-state index in [4.69, 9.17) is 0 Å². The lowest BCUT2D eigenvalue weighted by atomic mass is 10.2. The summed E-state index contributed by atoms with van der Waals surface area (Å²) < 4.78 is 18.2. The molecule has 0 bridgehead atoms. The number of esters is 1. The van der Waals surface area contributed by atoms with Gasteiger partial charge in [-0.25, -0.2) is 14.2 Å². The molecule has 0 spiro atoms. The van der Waals surface area contributed by atoms with Crippen molar-refractivity contribution in [3.63, 3.8) is 0 Å². The van der Waals surface area contributed by atoms with Gasteiger partial charge in [0.15, 0.2) is 5.13 Å². The number of aryl methyl sites for hydroxylation is 1. The van der Waals surface area contributed by atoms with Crippen molar-refractivity contribution in [2.75, 3.05) is 12.4 Å². The molecule has 0 aliphatic carbocycles. The van der Waals surface area contributed by atoms with Gasteiger partial charge in [0.05, 0.1) is 18.4 Å². The summed E-state index contributed by atoms with van der Waals surface area (Å²) in [4.78, 5) is 28.1. The van der Waals surface area contributed by atoms with Crippen LogP contribution in [-0.2, 0) is 11.2 Å². The Balaban J connectivity index is 2.24. The standard InChI is InChI=1S/C14H13FN2O3S/c1-3-10-11(13(19)20-2)21-14(16-10)17-12(18)8-6-4-5-7-9(8)15/h4-7H,3H2,1-2H3,(H,16,17,18). The van der Waals surface area contributed by atoms with Crippen LogP contribution in [0, 0.1) is 5.82 Å². The molecular formula is C14H13FN2O3S. The average Bonchev–Trinajstić information content (AvgIpc) is 2.89. The summed E-state index contributed by atoms with van der Waals surface area (Å²) in [5.41, 5.74) is 0.459. The number of rotatable bonds is 4. The highest BCUT2D eigenvalue weighted by atomic mass is 32.1. The van der Waals surface area contributed by atoms with E-state index in [0.29, 0.717) is 17.0 Å². The van der Waals surface area contributed by atoms with Gasteiger partial charge in [-0.1, -0.05) is 30.4 Å². The Bertz CT molecular complexity index is 685. The molecule has 1 aromatic carbocycles. The number of nitrogens with zero attached hydrogens (tertiary/aromatic N) is 1. The van der Waals surface area contributed by atoms with Crippen LogP contribution in [0.25, 0.3) is 0 Å². The zero-order valence-corrected chi connectivity index (χ0v) is 12.3. The number of benzene rings is 1. The molecule has 110 valence electrons. The fourth-order valence-electron chi connectivity index (χ4n) is 1.71. The van der Waals surface area contributed by atoms with E-state index in [-0.39, 0.29) is 10.7 Å². The first-order chi connectivity index (χ1) is 10.1. The van der Waals surface area contributed by atoms with Crippen molar-refractivity contribution in [2.24, 2.45) is 0 Å². The summed E-state index contributed by atoms with van der Waals surface area (Å²) in [6.07, 6.45) is 0.524. The third kappa shape index (κ3) is 3.25. The first kappa shape index (κ1) is 15.1. The number of hydrogen-bond donors (Lipinski definition) is 1. The summed E-state index contributed by atoms with van der Waals surface area (Å²) in [6.45, 7) is 1.84. The SMILES string of the molecule is CCc1nc(NC(=O)c2ccccc2F)sc1C(=O)OC. The van der Waals surface area contributed by atoms with Gasteiger partial charge in [0.25, 0.3) is 5.91 Å². The molecule has 0 saturated heterocycles. The van der Waals surface area contributed by atoms with Gasteiger partial charge in [0.2, 0.25) is 0 Å². The van der Waals surface area contributed by atoms with Crippen molar-refractivity contribution in [2.45, 2.75) is 13.3 Å². The van der Waals surface area contributed by atoms with E-state index in [1.54, 1.807) is 6.07 Å². The van der Waals surface area contributed by atoms with Crippen LogP contribution in [0.4, 0.5) is 9.52 Å². The number of ether oxygens (including phenoxy) is 1. The first-order valence-corrected chi connectivity index (χ1v) is 7.02. The highest BCUT2D eigenvalue weighted by Crippen LogP contribution is 2.25. The molecule has 0 fully saturated rings. The third-order valence-electron chi connectivity index (χ3n) is 2.74. The second kappa shape index (κ2) is 6.45. The fraction of sp³-hybridized carbons (Fsp3) is 0.214. The molecule has 1 heterocycles. The number of halogens is 1. The maximum atomic E-state index is 13.5. The van der Waals surface area contributed by atoms with Gasteiger partial charge in [-0.3, -0.25) is 10.1 Å². The third-order valence-corrected chi connectivity index (χ3v) is 3.74. The number of amides is 1. The molecule has 21 heavy (non-hydrogen) atoms. The molecule has 0 saturated carbocycles. The van der Waals surface area contributed by atoms with E-state index < -0.39 is 17.7 Å². The average molecular weight is 308 g/mol. The lowest BCUT2D eigenvalue weighted by Gasteiger charge is -2.02. The van der Waals surface area contributed by atoms with Crippen LogP contribution in [0.3, 0.4) is 0 Å². The van der Waals surface area contributed by atoms with Crippen LogP contribution >= 0.6 is 11.3 Å². The highest BCUT2D eigenvalue weighted by molar-refractivity contribution is 7.17. The van der Waals surface area contributed by atoms with Crippen LogP contribution in [0.15, 0.2) is 24.3 Å². The summed E-state index contributed by atoms with van der Waals surface area (Å²) in [5.74, 6) is -1.73. The van der Waals surface area contributed by atoms with Crippen LogP contribution in [0.1, 0.15) is 32.6 Å². The predicted molar refractivity (Wildman–Crippen MR) is 77.2 cm³/mol. The Hall–Kier alpha value is -2.28. The first-order valence-electron chi connectivity index (χ1n) is 6.20. The Morgan fingerprint density at radius 3 is 2.71 bits per heavy atom. The molecule has 0 aliphatic heterocycles. The fourth-order valence-corrected chi connectivity index (χ4v) is 2.67. The number of methoxy groups -OCH3 is 1. The van der Waals surface area contributed by atoms with E-state index in [0.717, 1.165) is 11.3 Å². The summed E-state index contributed by atoms with van der Waals surface area (Å²) >= 11 is 1.01. The van der Waals surface area contributed by atoms with E-state index in [1.165, 1.54) is 25.3 Å². The quantitative estimate of drug-likeness (QED) is 0.882. The van der Waals surface area contributed by atoms with Crippen LogP contribution in [-0.4, -0.2) is 24.0 Å². The molecule has 7 heteroatoms. The predicted octanol–water partition coefficient (Wildman–Crippen LogP) is 2.88. The molecule has 5 nitrogen and oxygen atoms in total. The minimum atomic E-state index is -0.615. The van der Waals surface area contributed by atoms with Crippen molar-refractivity contribution in [3.8, 4) is 0 Å². The summed E-state index contributed by atoms with van der Waals surface area (Å²) in [6, 6.07) is 5.64. The summed E-state index contributed by atoms with van der Waals surface area (Å²) in [7, 11) is 1.28. The van der Waals surface area contributed by atoms with E-state index in [9.17, 15) is 14.0 Å². The van der Waals surface area contributed by atoms with Gasteiger partial charge < -0.3 is 4.74 Å². The molecule has 0 atom stereocenters. The van der Waals surface area contributed by atoms with Gasteiger partial charge in [-0.05, 0) is 18.6 Å². The largest absolute Gasteiger partial charge is 0.465 e. The molecule has 2 rings (SSSR count). The van der Waals surface area contributed by atoms with Crippen LogP contribution in [0.5, 0.6) is 0 Å². The van der Waals surface area contributed by atoms with Gasteiger partial charge in [0.1, 0.15) is 10.7 Å². The van der Waals surface area contributed by atoms with E-state index in [2.05, 4.69) is 15.0 Å². The number of hydrogen-bond acceptors (Lipinski definition) is 5. The number of anilines is 1. The maximum Gasteiger partial charge on any atom is 0.350 e. The van der Waals surface area contributed by atoms with Crippen molar-refractivity contribution in [1.82, 2.24) is 4.98 Å². The van der Waals surface area contributed by atoms with Gasteiger partial charge in [-0.15, -0.1) is 0 Å². The van der Waals surface area contributed by atoms with Crippen molar-refractivity contribution < 1.29 is 18.7 Å².